The molecule has 2 fully saturated rings. The minimum absolute atomic E-state index is 0.105. The molecule has 1 saturated carbocycles. The van der Waals surface area contributed by atoms with Crippen LogP contribution in [0.2, 0.25) is 0 Å². The summed E-state index contributed by atoms with van der Waals surface area (Å²) in [6.45, 7) is 5.61. The molecule has 0 aromatic carbocycles. The van der Waals surface area contributed by atoms with Crippen molar-refractivity contribution in [2.45, 2.75) is 50.9 Å². The Hall–Kier alpha value is -1.95. The van der Waals surface area contributed by atoms with E-state index in [0.717, 1.165) is 42.9 Å². The smallest absolute Gasteiger partial charge is 0.253 e. The predicted octanol–water partition coefficient (Wildman–Crippen LogP) is 2.15. The molecule has 26 heavy (non-hydrogen) atoms. The van der Waals surface area contributed by atoms with Crippen molar-refractivity contribution in [2.75, 3.05) is 19.6 Å². The van der Waals surface area contributed by atoms with Gasteiger partial charge in [-0.2, -0.15) is 5.10 Å². The van der Waals surface area contributed by atoms with Crippen LogP contribution in [0.15, 0.2) is 4.79 Å². The summed E-state index contributed by atoms with van der Waals surface area (Å²) in [5, 5.41) is 6.14. The van der Waals surface area contributed by atoms with Crippen LogP contribution in [0.5, 0.6) is 0 Å². The van der Waals surface area contributed by atoms with Gasteiger partial charge >= 0.3 is 0 Å². The number of nitrogens with one attached hydrogen (secondary N) is 1. The number of rotatable bonds is 3. The molecular weight excluding hydrogens is 328 g/mol. The Kier molecular flexibility index (Phi) is 4.69. The molecule has 1 unspecified atom stereocenters. The molecule has 0 spiro atoms. The van der Waals surface area contributed by atoms with E-state index >= 15 is 0 Å². The third-order valence-electron chi connectivity index (χ3n) is 6.22. The third kappa shape index (κ3) is 3.00. The number of carbonyl (C=O) groups excluding carboxylic acids is 1. The van der Waals surface area contributed by atoms with Crippen molar-refractivity contribution in [3.63, 3.8) is 0 Å². The van der Waals surface area contributed by atoms with Crippen LogP contribution in [0.1, 0.15) is 54.8 Å². The normalized spacial score (nSPS) is 22.9. The summed E-state index contributed by atoms with van der Waals surface area (Å²) in [4.78, 5) is 26.2. The molecule has 0 amide bonds. The van der Waals surface area contributed by atoms with Gasteiger partial charge in [-0.05, 0) is 63.0 Å². The maximum absolute atomic E-state index is 12.4. The molecule has 2 aromatic heterocycles. The number of fused-ring (bicyclic) bond motifs is 3. The van der Waals surface area contributed by atoms with E-state index in [1.807, 2.05) is 18.5 Å². The van der Waals surface area contributed by atoms with Crippen LogP contribution in [0.3, 0.4) is 0 Å². The lowest BCUT2D eigenvalue weighted by Gasteiger charge is -2.18. The number of likely N-dealkylation sites (tertiary alicyclic amines) is 1. The molecule has 2 aromatic rings. The Morgan fingerprint density at radius 1 is 1.15 bits per heavy atom. The lowest BCUT2D eigenvalue weighted by atomic mass is 9.88. The van der Waals surface area contributed by atoms with Crippen LogP contribution in [-0.4, -0.2) is 46.1 Å². The molecule has 1 N–H and O–H groups in total. The summed E-state index contributed by atoms with van der Waals surface area (Å²) in [6, 6.07) is 0. The van der Waals surface area contributed by atoms with Gasteiger partial charge in [0.25, 0.3) is 5.56 Å². The number of nitrogens with zero attached hydrogens (tertiary/aromatic N) is 3. The second-order valence-electron chi connectivity index (χ2n) is 8.04. The van der Waals surface area contributed by atoms with Crippen molar-refractivity contribution in [3.8, 4) is 0 Å². The number of hydrogen-bond donors (Lipinski definition) is 1. The second-order valence-corrected chi connectivity index (χ2v) is 8.04. The number of aryl methyl sites for hydroxylation is 2. The highest BCUT2D eigenvalue weighted by molar-refractivity contribution is 5.84. The molecule has 1 aliphatic heterocycles. The van der Waals surface area contributed by atoms with Gasteiger partial charge in [-0.1, -0.05) is 0 Å². The molecule has 1 saturated heterocycles. The molecule has 5 rings (SSSR count). The highest BCUT2D eigenvalue weighted by atomic mass is 16.1. The van der Waals surface area contributed by atoms with E-state index < -0.39 is 0 Å². The molecule has 0 bridgehead atoms. The number of carbonyl (C=O) groups is 1. The van der Waals surface area contributed by atoms with E-state index in [0.29, 0.717) is 5.92 Å². The van der Waals surface area contributed by atoms with Gasteiger partial charge in [-0.25, -0.2) is 0 Å². The SMILES string of the molecule is C=O.Cn1nc(C2CCN(CC3CC3)C2)c2c3c(c(=O)[nH]c21)CCCC3. The van der Waals surface area contributed by atoms with Crippen molar-refractivity contribution >= 4 is 17.8 Å². The van der Waals surface area contributed by atoms with Gasteiger partial charge in [0.05, 0.1) is 5.69 Å². The van der Waals surface area contributed by atoms with E-state index in [4.69, 9.17) is 9.89 Å². The quantitative estimate of drug-likeness (QED) is 0.915. The van der Waals surface area contributed by atoms with Crippen molar-refractivity contribution in [1.82, 2.24) is 19.7 Å². The maximum Gasteiger partial charge on any atom is 0.253 e. The topological polar surface area (TPSA) is 71.0 Å². The molecule has 0 radical (unpaired) electrons. The Labute approximate surface area is 153 Å². The average molecular weight is 356 g/mol. The third-order valence-corrected chi connectivity index (χ3v) is 6.22. The van der Waals surface area contributed by atoms with Gasteiger partial charge in [0.1, 0.15) is 12.4 Å². The summed E-state index contributed by atoms with van der Waals surface area (Å²) >= 11 is 0. The largest absolute Gasteiger partial charge is 0.307 e. The molecule has 1 atom stereocenters. The number of aromatic nitrogens is 3. The molecule has 2 aliphatic carbocycles. The fourth-order valence-corrected chi connectivity index (χ4v) is 4.77. The van der Waals surface area contributed by atoms with Gasteiger partial charge in [-0.15, -0.1) is 0 Å². The Morgan fingerprint density at radius 3 is 2.62 bits per heavy atom. The van der Waals surface area contributed by atoms with E-state index in [9.17, 15) is 4.79 Å². The Morgan fingerprint density at radius 2 is 1.88 bits per heavy atom. The van der Waals surface area contributed by atoms with Gasteiger partial charge in [0, 0.05) is 37.0 Å². The molecule has 3 heterocycles. The van der Waals surface area contributed by atoms with E-state index in [1.165, 1.54) is 55.4 Å². The Balaban J connectivity index is 0.000000814. The zero-order valence-electron chi connectivity index (χ0n) is 15.6. The average Bonchev–Trinajstić information content (AvgIpc) is 3.26. The number of hydrogen-bond acceptors (Lipinski definition) is 4. The van der Waals surface area contributed by atoms with Crippen LogP contribution in [-0.2, 0) is 24.7 Å². The van der Waals surface area contributed by atoms with E-state index in [-0.39, 0.29) is 5.56 Å². The lowest BCUT2D eigenvalue weighted by molar-refractivity contribution is -0.0979. The van der Waals surface area contributed by atoms with Gasteiger partial charge in [-0.3, -0.25) is 9.48 Å². The summed E-state index contributed by atoms with van der Waals surface area (Å²) in [5.74, 6) is 1.47. The van der Waals surface area contributed by atoms with Crippen LogP contribution in [0.25, 0.3) is 11.0 Å². The highest BCUT2D eigenvalue weighted by Crippen LogP contribution is 2.37. The van der Waals surface area contributed by atoms with Gasteiger partial charge in [0.2, 0.25) is 0 Å². The standard InChI is InChI=1S/C19H26N4O.CH2O/c1-22-18-16(14-4-2-3-5-15(14)19(24)20-18)17(21-22)13-8-9-23(11-13)10-12-6-7-12;1-2/h12-13H,2-11H2,1H3,(H,20,24);1H2. The zero-order chi connectivity index (χ0) is 18.3. The monoisotopic (exact) mass is 356 g/mol. The van der Waals surface area contributed by atoms with Crippen LogP contribution in [0.4, 0.5) is 0 Å². The minimum Gasteiger partial charge on any atom is -0.307 e. The molecule has 140 valence electrons. The first-order chi connectivity index (χ1) is 12.7. The van der Waals surface area contributed by atoms with Crippen molar-refractivity contribution < 1.29 is 4.79 Å². The van der Waals surface area contributed by atoms with Gasteiger partial charge in [0.15, 0.2) is 0 Å². The van der Waals surface area contributed by atoms with Crippen molar-refractivity contribution in [1.29, 1.82) is 0 Å². The summed E-state index contributed by atoms with van der Waals surface area (Å²) in [5.41, 5.74) is 4.59. The zero-order valence-corrected chi connectivity index (χ0v) is 15.6. The number of aromatic amines is 1. The molecular formula is C20H28N4O2. The van der Waals surface area contributed by atoms with Crippen molar-refractivity contribution in [2.24, 2.45) is 13.0 Å². The van der Waals surface area contributed by atoms with Crippen LogP contribution >= 0.6 is 0 Å². The van der Waals surface area contributed by atoms with E-state index in [2.05, 4.69) is 9.88 Å². The molecule has 6 heteroatoms. The summed E-state index contributed by atoms with van der Waals surface area (Å²) in [7, 11) is 1.97. The van der Waals surface area contributed by atoms with Crippen LogP contribution < -0.4 is 5.56 Å². The maximum atomic E-state index is 12.4. The van der Waals surface area contributed by atoms with Gasteiger partial charge < -0.3 is 14.7 Å². The highest BCUT2D eigenvalue weighted by Gasteiger charge is 2.33. The van der Waals surface area contributed by atoms with Crippen LogP contribution in [0, 0.1) is 5.92 Å². The fourth-order valence-electron chi connectivity index (χ4n) is 4.77. The van der Waals surface area contributed by atoms with Crippen molar-refractivity contribution in [3.05, 3.63) is 27.2 Å². The lowest BCUT2D eigenvalue weighted by Crippen LogP contribution is -2.23. The number of pyridine rings is 1. The first kappa shape index (κ1) is 17.5. The molecule has 6 nitrogen and oxygen atoms in total. The molecule has 3 aliphatic rings. The summed E-state index contributed by atoms with van der Waals surface area (Å²) < 4.78 is 1.89. The first-order valence-corrected chi connectivity index (χ1v) is 9.82. The fraction of sp³-hybridized carbons (Fsp3) is 0.650. The minimum atomic E-state index is 0.105. The first-order valence-electron chi connectivity index (χ1n) is 9.82. The number of H-pyrrole nitrogens is 1. The summed E-state index contributed by atoms with van der Waals surface area (Å²) in [6.07, 6.45) is 8.33. The van der Waals surface area contributed by atoms with E-state index in [1.54, 1.807) is 0 Å². The Bertz CT molecular complexity index is 865. The second kappa shape index (κ2) is 6.99. The predicted molar refractivity (Wildman–Crippen MR) is 102 cm³/mol.